The molecule has 0 N–H and O–H groups in total. The van der Waals surface area contributed by atoms with Gasteiger partial charge in [-0.25, -0.2) is 0 Å². The molecule has 0 aliphatic rings. The van der Waals surface area contributed by atoms with Crippen molar-refractivity contribution in [1.82, 2.24) is 0 Å². The Hall–Kier alpha value is -0.260. The largest absolute Gasteiger partial charge is 0.0998 e. The Bertz CT molecular complexity index is 418. The Morgan fingerprint density at radius 3 is 1.33 bits per heavy atom. The molecule has 1 atom stereocenters. The minimum absolute atomic E-state index is 0.255. The fraction of sp³-hybridized carbons (Fsp3) is 0.917. The van der Waals surface area contributed by atoms with Gasteiger partial charge < -0.3 is 0 Å². The Labute approximate surface area is 154 Å². The van der Waals surface area contributed by atoms with Gasteiger partial charge in [-0.3, -0.25) is 0 Å². The van der Waals surface area contributed by atoms with Crippen LogP contribution in [0.1, 0.15) is 109 Å². The van der Waals surface area contributed by atoms with Crippen molar-refractivity contribution >= 4 is 0 Å². The SMILES string of the molecule is C=C(C)C(C(C)(C)C)C(C)(C)CC(C)(C)CC(C)(C)CC(C)(C)C. The van der Waals surface area contributed by atoms with Gasteiger partial charge in [0.25, 0.3) is 0 Å². The predicted octanol–water partition coefficient (Wildman–Crippen LogP) is 8.52. The maximum absolute atomic E-state index is 4.34. The molecule has 0 rings (SSSR count). The summed E-state index contributed by atoms with van der Waals surface area (Å²) in [6.07, 6.45) is 3.78. The molecule has 0 radical (unpaired) electrons. The van der Waals surface area contributed by atoms with E-state index >= 15 is 0 Å². The van der Waals surface area contributed by atoms with E-state index in [9.17, 15) is 0 Å². The van der Waals surface area contributed by atoms with Crippen molar-refractivity contribution in [3.8, 4) is 0 Å². The van der Waals surface area contributed by atoms with Crippen LogP contribution in [0.5, 0.6) is 0 Å². The zero-order valence-electron chi connectivity index (χ0n) is 19.4. The molecule has 0 bridgehead atoms. The number of hydrogen-bond acceptors (Lipinski definition) is 0. The second-order valence-electron chi connectivity index (χ2n) is 13.1. The summed E-state index contributed by atoms with van der Waals surface area (Å²) in [5.74, 6) is 0.537. The highest BCUT2D eigenvalue weighted by Crippen LogP contribution is 2.52. The van der Waals surface area contributed by atoms with E-state index in [0.29, 0.717) is 22.2 Å². The third-order valence-corrected chi connectivity index (χ3v) is 5.04. The molecule has 0 aromatic heterocycles. The van der Waals surface area contributed by atoms with Gasteiger partial charge in [-0.15, -0.1) is 0 Å². The van der Waals surface area contributed by atoms with Crippen LogP contribution in [-0.4, -0.2) is 0 Å². The Morgan fingerprint density at radius 1 is 0.667 bits per heavy atom. The normalized spacial score (nSPS) is 16.2. The van der Waals surface area contributed by atoms with E-state index in [4.69, 9.17) is 0 Å². The third kappa shape index (κ3) is 8.21. The molecule has 0 aliphatic heterocycles. The van der Waals surface area contributed by atoms with E-state index in [1.807, 2.05) is 0 Å². The van der Waals surface area contributed by atoms with Crippen molar-refractivity contribution in [2.24, 2.45) is 33.0 Å². The first-order valence-electron chi connectivity index (χ1n) is 9.84. The van der Waals surface area contributed by atoms with Crippen molar-refractivity contribution in [3.63, 3.8) is 0 Å². The van der Waals surface area contributed by atoms with Crippen molar-refractivity contribution in [1.29, 1.82) is 0 Å². The molecule has 0 fully saturated rings. The topological polar surface area (TPSA) is 0 Å². The maximum atomic E-state index is 4.34. The Kier molecular flexibility index (Phi) is 7.08. The van der Waals surface area contributed by atoms with Gasteiger partial charge in [0.1, 0.15) is 0 Å². The van der Waals surface area contributed by atoms with Gasteiger partial charge in [-0.05, 0) is 59.2 Å². The van der Waals surface area contributed by atoms with Crippen molar-refractivity contribution in [2.75, 3.05) is 0 Å². The van der Waals surface area contributed by atoms with E-state index in [1.165, 1.54) is 24.8 Å². The predicted molar refractivity (Wildman–Crippen MR) is 112 cm³/mol. The summed E-state index contributed by atoms with van der Waals surface area (Å²) in [6, 6.07) is 0. The van der Waals surface area contributed by atoms with Crippen LogP contribution in [0.25, 0.3) is 0 Å². The molecular formula is C24H48. The molecule has 0 heteroatoms. The van der Waals surface area contributed by atoms with Crippen LogP contribution in [-0.2, 0) is 0 Å². The Balaban J connectivity index is 5.35. The van der Waals surface area contributed by atoms with Gasteiger partial charge >= 0.3 is 0 Å². The molecule has 0 heterocycles. The first-order chi connectivity index (χ1) is 10.2. The molecule has 0 amide bonds. The van der Waals surface area contributed by atoms with E-state index in [0.717, 1.165) is 0 Å². The molecule has 1 unspecified atom stereocenters. The molecule has 0 aliphatic carbocycles. The summed E-state index contributed by atoms with van der Waals surface area (Å²) in [7, 11) is 0. The zero-order valence-corrected chi connectivity index (χ0v) is 19.4. The summed E-state index contributed by atoms with van der Waals surface area (Å²) >= 11 is 0. The average molecular weight is 337 g/mol. The first kappa shape index (κ1) is 23.7. The average Bonchev–Trinajstić information content (AvgIpc) is 2.00. The van der Waals surface area contributed by atoms with Crippen molar-refractivity contribution in [2.45, 2.75) is 109 Å². The van der Waals surface area contributed by atoms with Crippen LogP contribution in [0.3, 0.4) is 0 Å². The van der Waals surface area contributed by atoms with Gasteiger partial charge in [0.2, 0.25) is 0 Å². The monoisotopic (exact) mass is 336 g/mol. The van der Waals surface area contributed by atoms with Gasteiger partial charge in [-0.1, -0.05) is 95.2 Å². The van der Waals surface area contributed by atoms with Gasteiger partial charge in [-0.2, -0.15) is 0 Å². The summed E-state index contributed by atoms with van der Waals surface area (Å²) in [5, 5.41) is 0. The van der Waals surface area contributed by atoms with Crippen LogP contribution in [0.15, 0.2) is 12.2 Å². The van der Waals surface area contributed by atoms with Crippen LogP contribution >= 0.6 is 0 Å². The molecular weight excluding hydrogens is 288 g/mol. The van der Waals surface area contributed by atoms with Crippen LogP contribution < -0.4 is 0 Å². The molecule has 0 spiro atoms. The fourth-order valence-corrected chi connectivity index (χ4v) is 6.77. The van der Waals surface area contributed by atoms with Crippen LogP contribution in [0.2, 0.25) is 0 Å². The lowest BCUT2D eigenvalue weighted by Gasteiger charge is -2.48. The maximum Gasteiger partial charge on any atom is -0.0108 e. The highest BCUT2D eigenvalue weighted by atomic mass is 14.5. The van der Waals surface area contributed by atoms with E-state index in [2.05, 4.69) is 96.6 Å². The highest BCUT2D eigenvalue weighted by molar-refractivity contribution is 5.08. The second-order valence-corrected chi connectivity index (χ2v) is 13.1. The lowest BCUT2D eigenvalue weighted by atomic mass is 9.56. The van der Waals surface area contributed by atoms with Gasteiger partial charge in [0.05, 0.1) is 0 Å². The minimum atomic E-state index is 0.255. The van der Waals surface area contributed by atoms with Gasteiger partial charge in [0.15, 0.2) is 0 Å². The van der Waals surface area contributed by atoms with Crippen molar-refractivity contribution < 1.29 is 0 Å². The lowest BCUT2D eigenvalue weighted by Crippen LogP contribution is -2.39. The summed E-state index contributed by atoms with van der Waals surface area (Å²) in [5.41, 5.74) is 2.94. The number of rotatable bonds is 7. The van der Waals surface area contributed by atoms with Crippen LogP contribution in [0, 0.1) is 33.0 Å². The minimum Gasteiger partial charge on any atom is -0.0998 e. The summed E-state index contributed by atoms with van der Waals surface area (Å²) < 4.78 is 0. The third-order valence-electron chi connectivity index (χ3n) is 5.04. The Morgan fingerprint density at radius 2 is 1.04 bits per heavy atom. The first-order valence-corrected chi connectivity index (χ1v) is 9.84. The summed E-state index contributed by atoms with van der Waals surface area (Å²) in [4.78, 5) is 0. The highest BCUT2D eigenvalue weighted by Gasteiger charge is 2.43. The van der Waals surface area contributed by atoms with Crippen molar-refractivity contribution in [3.05, 3.63) is 12.2 Å². The zero-order chi connectivity index (χ0) is 19.8. The molecule has 24 heavy (non-hydrogen) atoms. The standard InChI is InChI=1S/C24H48/c1-18(2)19(21(6,7)8)24(13,14)17-23(11,12)16-22(9,10)15-20(3,4)5/h19H,1,15-17H2,2-14H3. The number of hydrogen-bond donors (Lipinski definition) is 0. The molecule has 0 saturated heterocycles. The molecule has 0 aromatic carbocycles. The molecule has 144 valence electrons. The molecule has 0 nitrogen and oxygen atoms in total. The van der Waals surface area contributed by atoms with E-state index < -0.39 is 0 Å². The van der Waals surface area contributed by atoms with E-state index in [-0.39, 0.29) is 10.8 Å². The molecule has 0 aromatic rings. The van der Waals surface area contributed by atoms with Gasteiger partial charge in [0, 0.05) is 0 Å². The summed E-state index contributed by atoms with van der Waals surface area (Å²) in [6.45, 7) is 35.5. The molecule has 0 saturated carbocycles. The van der Waals surface area contributed by atoms with E-state index in [1.54, 1.807) is 0 Å². The lowest BCUT2D eigenvalue weighted by molar-refractivity contribution is 0.0409. The quantitative estimate of drug-likeness (QED) is 0.409. The second kappa shape index (κ2) is 7.16. The fourth-order valence-electron chi connectivity index (χ4n) is 6.77. The smallest absolute Gasteiger partial charge is 0.0108 e. The number of allylic oxidation sites excluding steroid dienone is 1. The van der Waals surface area contributed by atoms with Crippen LogP contribution in [0.4, 0.5) is 0 Å².